The van der Waals surface area contributed by atoms with Crippen LogP contribution in [0.5, 0.6) is 0 Å². The number of carbonyl (C=O) groups excluding carboxylic acids is 1. The zero-order chi connectivity index (χ0) is 17.5. The smallest absolute Gasteiger partial charge is 0.251 e. The molecule has 25 heavy (non-hydrogen) atoms. The van der Waals surface area contributed by atoms with E-state index in [2.05, 4.69) is 37.7 Å². The number of carbonyl (C=O) groups is 1. The lowest BCUT2D eigenvalue weighted by Crippen LogP contribution is -2.36. The highest BCUT2D eigenvalue weighted by molar-refractivity contribution is 7.10. The second kappa shape index (κ2) is 8.78. The first-order valence-corrected chi connectivity index (χ1v) is 9.38. The van der Waals surface area contributed by atoms with E-state index in [0.717, 1.165) is 18.7 Å². The van der Waals surface area contributed by atoms with E-state index in [-0.39, 0.29) is 11.9 Å². The van der Waals surface area contributed by atoms with E-state index in [1.807, 2.05) is 24.3 Å². The second-order valence-corrected chi connectivity index (χ2v) is 7.00. The molecule has 1 N–H and O–H groups in total. The van der Waals surface area contributed by atoms with Crippen LogP contribution in [0.15, 0.2) is 46.9 Å². The van der Waals surface area contributed by atoms with E-state index in [9.17, 15) is 4.79 Å². The highest BCUT2D eigenvalue weighted by Gasteiger charge is 2.24. The molecule has 1 saturated heterocycles. The van der Waals surface area contributed by atoms with Gasteiger partial charge in [0, 0.05) is 17.0 Å². The zero-order valence-corrected chi connectivity index (χ0v) is 15.2. The molecule has 132 valence electrons. The largest absolute Gasteiger partial charge is 0.399 e. The Bertz CT molecular complexity index is 692. The van der Waals surface area contributed by atoms with Gasteiger partial charge in [0.25, 0.3) is 5.91 Å². The Morgan fingerprint density at radius 3 is 2.72 bits per heavy atom. The third kappa shape index (κ3) is 4.67. The standard InChI is InChI=1S/C19H23N3O2S/c1-24-21-13-15-6-8-16(9-7-15)19(23)20-14-17(18-5-4-12-25-18)22-10-2-3-11-22/h4-9,12-13,17H,2-3,10-11,14H2,1H3,(H,20,23)/b21-13+. The van der Waals surface area contributed by atoms with Crippen molar-refractivity contribution in [3.05, 3.63) is 57.8 Å². The monoisotopic (exact) mass is 357 g/mol. The van der Waals surface area contributed by atoms with Crippen LogP contribution in [-0.2, 0) is 4.84 Å². The van der Waals surface area contributed by atoms with Crippen molar-refractivity contribution < 1.29 is 9.63 Å². The molecule has 1 unspecified atom stereocenters. The fraction of sp³-hybridized carbons (Fsp3) is 0.368. The van der Waals surface area contributed by atoms with Gasteiger partial charge in [-0.3, -0.25) is 9.69 Å². The summed E-state index contributed by atoms with van der Waals surface area (Å²) in [5.74, 6) is -0.0454. The summed E-state index contributed by atoms with van der Waals surface area (Å²) in [6, 6.07) is 11.8. The van der Waals surface area contributed by atoms with Crippen LogP contribution in [0.1, 0.15) is 39.7 Å². The lowest BCUT2D eigenvalue weighted by Gasteiger charge is -2.26. The molecule has 5 nitrogen and oxygen atoms in total. The number of rotatable bonds is 7. The fourth-order valence-electron chi connectivity index (χ4n) is 3.07. The van der Waals surface area contributed by atoms with E-state index < -0.39 is 0 Å². The Labute approximate surface area is 152 Å². The summed E-state index contributed by atoms with van der Waals surface area (Å²) < 4.78 is 0. The topological polar surface area (TPSA) is 53.9 Å². The van der Waals surface area contributed by atoms with E-state index in [4.69, 9.17) is 0 Å². The lowest BCUT2D eigenvalue weighted by molar-refractivity contribution is 0.0938. The van der Waals surface area contributed by atoms with Gasteiger partial charge in [0.2, 0.25) is 0 Å². The molecule has 0 bridgehead atoms. The summed E-state index contributed by atoms with van der Waals surface area (Å²) in [5.41, 5.74) is 1.55. The van der Waals surface area contributed by atoms with Gasteiger partial charge in [0.05, 0.1) is 12.3 Å². The molecule has 1 amide bonds. The number of hydrogen-bond acceptors (Lipinski definition) is 5. The average molecular weight is 357 g/mol. The number of likely N-dealkylation sites (tertiary alicyclic amines) is 1. The molecule has 0 spiro atoms. The van der Waals surface area contributed by atoms with Crippen molar-refractivity contribution in [3.63, 3.8) is 0 Å². The van der Waals surface area contributed by atoms with Gasteiger partial charge < -0.3 is 10.2 Å². The number of thiophene rings is 1. The molecule has 1 fully saturated rings. The SMILES string of the molecule is CO/N=C/c1ccc(C(=O)NCC(c2cccs2)N2CCCC2)cc1. The molecule has 0 aliphatic carbocycles. The molecule has 2 aromatic rings. The molecule has 1 aliphatic heterocycles. The summed E-state index contributed by atoms with van der Waals surface area (Å²) in [6.45, 7) is 2.84. The summed E-state index contributed by atoms with van der Waals surface area (Å²) in [5, 5.41) is 8.91. The van der Waals surface area contributed by atoms with Gasteiger partial charge in [-0.15, -0.1) is 11.3 Å². The maximum Gasteiger partial charge on any atom is 0.251 e. The van der Waals surface area contributed by atoms with Gasteiger partial charge in [-0.05, 0) is 55.1 Å². The third-order valence-corrected chi connectivity index (χ3v) is 5.36. The zero-order valence-electron chi connectivity index (χ0n) is 14.4. The summed E-state index contributed by atoms with van der Waals surface area (Å²) in [7, 11) is 1.50. The first kappa shape index (κ1) is 17.6. The third-order valence-electron chi connectivity index (χ3n) is 4.39. The molecule has 1 atom stereocenters. The molecular formula is C19H23N3O2S. The van der Waals surface area contributed by atoms with Crippen molar-refractivity contribution in [2.24, 2.45) is 5.16 Å². The molecule has 0 radical (unpaired) electrons. The minimum absolute atomic E-state index is 0.0454. The minimum Gasteiger partial charge on any atom is -0.399 e. The van der Waals surface area contributed by atoms with Crippen molar-refractivity contribution in [2.75, 3.05) is 26.7 Å². The number of amides is 1. The van der Waals surface area contributed by atoms with Gasteiger partial charge in [0.1, 0.15) is 7.11 Å². The first-order valence-electron chi connectivity index (χ1n) is 8.50. The van der Waals surface area contributed by atoms with Crippen LogP contribution in [0.25, 0.3) is 0 Å². The summed E-state index contributed by atoms with van der Waals surface area (Å²) >= 11 is 1.76. The van der Waals surface area contributed by atoms with Crippen LogP contribution >= 0.6 is 11.3 Å². The summed E-state index contributed by atoms with van der Waals surface area (Å²) in [4.78, 5) is 20.9. The van der Waals surface area contributed by atoms with Gasteiger partial charge in [-0.2, -0.15) is 0 Å². The van der Waals surface area contributed by atoms with E-state index in [1.165, 1.54) is 24.8 Å². The first-order chi connectivity index (χ1) is 12.3. The van der Waals surface area contributed by atoms with Crippen LogP contribution in [0.2, 0.25) is 0 Å². The lowest BCUT2D eigenvalue weighted by atomic mass is 10.1. The van der Waals surface area contributed by atoms with E-state index in [1.54, 1.807) is 17.6 Å². The molecule has 3 rings (SSSR count). The van der Waals surface area contributed by atoms with E-state index >= 15 is 0 Å². The van der Waals surface area contributed by atoms with Gasteiger partial charge in [0.15, 0.2) is 0 Å². The van der Waals surface area contributed by atoms with Gasteiger partial charge >= 0.3 is 0 Å². The predicted octanol–water partition coefficient (Wildman–Crippen LogP) is 3.30. The maximum atomic E-state index is 12.5. The van der Waals surface area contributed by atoms with Crippen molar-refractivity contribution in [1.82, 2.24) is 10.2 Å². The van der Waals surface area contributed by atoms with Crippen LogP contribution in [0, 0.1) is 0 Å². The van der Waals surface area contributed by atoms with Crippen molar-refractivity contribution in [1.29, 1.82) is 0 Å². The van der Waals surface area contributed by atoms with Crippen LogP contribution in [-0.4, -0.2) is 43.8 Å². The Morgan fingerprint density at radius 2 is 2.08 bits per heavy atom. The number of nitrogens with one attached hydrogen (secondary N) is 1. The predicted molar refractivity (Wildman–Crippen MR) is 101 cm³/mol. The Kier molecular flexibility index (Phi) is 6.19. The second-order valence-electron chi connectivity index (χ2n) is 6.02. The fourth-order valence-corrected chi connectivity index (χ4v) is 3.93. The minimum atomic E-state index is -0.0454. The Balaban J connectivity index is 1.62. The molecule has 6 heteroatoms. The molecule has 1 aromatic heterocycles. The molecule has 1 aromatic carbocycles. The van der Waals surface area contributed by atoms with Crippen LogP contribution < -0.4 is 5.32 Å². The van der Waals surface area contributed by atoms with Crippen LogP contribution in [0.3, 0.4) is 0 Å². The number of nitrogens with zero attached hydrogens (tertiary/aromatic N) is 2. The highest BCUT2D eigenvalue weighted by Crippen LogP contribution is 2.27. The van der Waals surface area contributed by atoms with Gasteiger partial charge in [-0.1, -0.05) is 23.4 Å². The maximum absolute atomic E-state index is 12.5. The number of hydrogen-bond donors (Lipinski definition) is 1. The normalized spacial score (nSPS) is 16.2. The Hall–Kier alpha value is -2.18. The molecule has 1 aliphatic rings. The average Bonchev–Trinajstić information content (AvgIpc) is 3.35. The number of benzene rings is 1. The van der Waals surface area contributed by atoms with Crippen molar-refractivity contribution in [3.8, 4) is 0 Å². The highest BCUT2D eigenvalue weighted by atomic mass is 32.1. The molecule has 0 saturated carbocycles. The molecule has 2 heterocycles. The quantitative estimate of drug-likeness (QED) is 0.611. The van der Waals surface area contributed by atoms with E-state index in [0.29, 0.717) is 12.1 Å². The van der Waals surface area contributed by atoms with Crippen molar-refractivity contribution >= 4 is 23.5 Å². The van der Waals surface area contributed by atoms with Crippen molar-refractivity contribution in [2.45, 2.75) is 18.9 Å². The molecular weight excluding hydrogens is 334 g/mol. The van der Waals surface area contributed by atoms with Crippen LogP contribution in [0.4, 0.5) is 0 Å². The Morgan fingerprint density at radius 1 is 1.32 bits per heavy atom. The number of oxime groups is 1. The summed E-state index contributed by atoms with van der Waals surface area (Å²) in [6.07, 6.45) is 4.09. The van der Waals surface area contributed by atoms with Gasteiger partial charge in [-0.25, -0.2) is 0 Å².